The van der Waals surface area contributed by atoms with Gasteiger partial charge in [-0.15, -0.1) is 0 Å². The predicted octanol–water partition coefficient (Wildman–Crippen LogP) is 0.923. The lowest BCUT2D eigenvalue weighted by Crippen LogP contribution is -2.19. The van der Waals surface area contributed by atoms with E-state index in [4.69, 9.17) is 10.4 Å². The van der Waals surface area contributed by atoms with E-state index in [2.05, 4.69) is 16.4 Å². The lowest BCUT2D eigenvalue weighted by atomic mass is 9.95. The molecule has 0 spiro atoms. The highest BCUT2D eigenvalue weighted by atomic mass is 32.2. The van der Waals surface area contributed by atoms with Crippen molar-refractivity contribution in [3.63, 3.8) is 0 Å². The Morgan fingerprint density at radius 3 is 2.85 bits per heavy atom. The summed E-state index contributed by atoms with van der Waals surface area (Å²) in [4.78, 5) is 4.50. The summed E-state index contributed by atoms with van der Waals surface area (Å²) in [5.74, 6) is 0.467. The summed E-state index contributed by atoms with van der Waals surface area (Å²) in [5.41, 5.74) is 2.72. The number of sulfonamides is 1. The standard InChI is InChI=1S/C13H18N4O2S/c14-9-11-8-10-4-1-2-5-12(10)17-13(11)16-6-3-7-20(15,18)19/h8H,1-7H2,(H,16,17)(H2,15,18,19). The summed E-state index contributed by atoms with van der Waals surface area (Å²) >= 11 is 0. The van der Waals surface area contributed by atoms with Gasteiger partial charge in [0.15, 0.2) is 0 Å². The average molecular weight is 294 g/mol. The number of rotatable bonds is 5. The molecule has 1 aliphatic carbocycles. The summed E-state index contributed by atoms with van der Waals surface area (Å²) in [5, 5.41) is 17.1. The number of nitriles is 1. The van der Waals surface area contributed by atoms with Crippen molar-refractivity contribution in [1.82, 2.24) is 4.98 Å². The van der Waals surface area contributed by atoms with Gasteiger partial charge in [-0.2, -0.15) is 5.26 Å². The molecule has 108 valence electrons. The second-order valence-corrected chi connectivity index (χ2v) is 6.69. The topological polar surface area (TPSA) is 109 Å². The molecule has 0 amide bonds. The van der Waals surface area contributed by atoms with E-state index in [1.807, 2.05) is 6.07 Å². The fourth-order valence-corrected chi connectivity index (χ4v) is 2.88. The fraction of sp³-hybridized carbons (Fsp3) is 0.538. The first-order valence-electron chi connectivity index (χ1n) is 6.67. The summed E-state index contributed by atoms with van der Waals surface area (Å²) in [6, 6.07) is 4.03. The molecule has 2 rings (SSSR count). The molecule has 7 heteroatoms. The molecule has 20 heavy (non-hydrogen) atoms. The number of nitrogens with one attached hydrogen (secondary N) is 1. The number of hydrogen-bond acceptors (Lipinski definition) is 5. The number of nitrogens with two attached hydrogens (primary N) is 1. The largest absolute Gasteiger partial charge is 0.369 e. The molecule has 1 aliphatic rings. The molecule has 0 saturated heterocycles. The smallest absolute Gasteiger partial charge is 0.209 e. The Morgan fingerprint density at radius 1 is 1.40 bits per heavy atom. The SMILES string of the molecule is N#Cc1cc2c(nc1NCCCS(N)(=O)=O)CCCC2. The number of fused-ring (bicyclic) bond motifs is 1. The van der Waals surface area contributed by atoms with E-state index in [0.29, 0.717) is 24.3 Å². The van der Waals surface area contributed by atoms with Gasteiger partial charge < -0.3 is 5.32 Å². The van der Waals surface area contributed by atoms with Gasteiger partial charge in [0, 0.05) is 12.2 Å². The molecule has 0 atom stereocenters. The number of hydrogen-bond donors (Lipinski definition) is 2. The van der Waals surface area contributed by atoms with Crippen molar-refractivity contribution >= 4 is 15.8 Å². The summed E-state index contributed by atoms with van der Waals surface area (Å²) in [6.45, 7) is 0.427. The number of aryl methyl sites for hydroxylation is 2. The number of aromatic nitrogens is 1. The Labute approximate surface area is 119 Å². The van der Waals surface area contributed by atoms with Gasteiger partial charge in [0.1, 0.15) is 11.9 Å². The fourth-order valence-electron chi connectivity index (χ4n) is 2.33. The van der Waals surface area contributed by atoms with Crippen LogP contribution in [0.5, 0.6) is 0 Å². The molecule has 3 N–H and O–H groups in total. The maximum atomic E-state index is 10.8. The van der Waals surface area contributed by atoms with E-state index < -0.39 is 10.0 Å². The maximum absolute atomic E-state index is 10.8. The highest BCUT2D eigenvalue weighted by Crippen LogP contribution is 2.24. The van der Waals surface area contributed by atoms with Crippen LogP contribution in [-0.2, 0) is 22.9 Å². The van der Waals surface area contributed by atoms with Crippen LogP contribution >= 0.6 is 0 Å². The first-order chi connectivity index (χ1) is 9.49. The molecule has 0 unspecified atom stereocenters. The molecular weight excluding hydrogens is 276 g/mol. The molecule has 1 aromatic rings. The van der Waals surface area contributed by atoms with Crippen molar-refractivity contribution in [2.45, 2.75) is 32.1 Å². The first-order valence-corrected chi connectivity index (χ1v) is 8.38. The third kappa shape index (κ3) is 3.92. The Morgan fingerprint density at radius 2 is 2.15 bits per heavy atom. The minimum absolute atomic E-state index is 0.0766. The van der Waals surface area contributed by atoms with Gasteiger partial charge in [-0.1, -0.05) is 0 Å². The Balaban J connectivity index is 2.05. The van der Waals surface area contributed by atoms with Crippen LogP contribution in [0.15, 0.2) is 6.07 Å². The minimum Gasteiger partial charge on any atom is -0.369 e. The lowest BCUT2D eigenvalue weighted by molar-refractivity contribution is 0.595. The summed E-state index contributed by atoms with van der Waals surface area (Å²) in [6.07, 6.45) is 4.56. The Hall–Kier alpha value is -1.65. The summed E-state index contributed by atoms with van der Waals surface area (Å²) in [7, 11) is -3.43. The van der Waals surface area contributed by atoms with Crippen LogP contribution in [-0.4, -0.2) is 25.7 Å². The van der Waals surface area contributed by atoms with Crippen molar-refractivity contribution in [3.8, 4) is 6.07 Å². The molecule has 0 aromatic carbocycles. The quantitative estimate of drug-likeness (QED) is 0.785. The van der Waals surface area contributed by atoms with E-state index in [-0.39, 0.29) is 5.75 Å². The van der Waals surface area contributed by atoms with Crippen molar-refractivity contribution in [2.24, 2.45) is 5.14 Å². The van der Waals surface area contributed by atoms with Crippen LogP contribution in [0.25, 0.3) is 0 Å². The zero-order chi connectivity index (χ0) is 14.6. The van der Waals surface area contributed by atoms with E-state index >= 15 is 0 Å². The highest BCUT2D eigenvalue weighted by molar-refractivity contribution is 7.89. The maximum Gasteiger partial charge on any atom is 0.209 e. The van der Waals surface area contributed by atoms with Crippen LogP contribution in [0.1, 0.15) is 36.1 Å². The molecular formula is C13H18N4O2S. The van der Waals surface area contributed by atoms with E-state index in [1.165, 1.54) is 0 Å². The van der Waals surface area contributed by atoms with Crippen molar-refractivity contribution in [1.29, 1.82) is 5.26 Å². The molecule has 1 aromatic heterocycles. The number of primary sulfonamides is 1. The minimum atomic E-state index is -3.43. The second kappa shape index (κ2) is 6.20. The van der Waals surface area contributed by atoms with Crippen molar-refractivity contribution < 1.29 is 8.42 Å². The number of anilines is 1. The Kier molecular flexibility index (Phi) is 4.57. The molecule has 0 radical (unpaired) electrons. The zero-order valence-corrected chi connectivity index (χ0v) is 12.0. The molecule has 0 fully saturated rings. The van der Waals surface area contributed by atoms with E-state index in [9.17, 15) is 8.42 Å². The highest BCUT2D eigenvalue weighted by Gasteiger charge is 2.15. The molecule has 0 saturated carbocycles. The second-order valence-electron chi connectivity index (χ2n) is 4.96. The average Bonchev–Trinajstić information content (AvgIpc) is 2.41. The third-order valence-electron chi connectivity index (χ3n) is 3.32. The van der Waals surface area contributed by atoms with Gasteiger partial charge in [0.05, 0.1) is 11.3 Å². The van der Waals surface area contributed by atoms with E-state index in [1.54, 1.807) is 0 Å². The van der Waals surface area contributed by atoms with Gasteiger partial charge in [-0.05, 0) is 43.7 Å². The Bertz CT molecular complexity index is 635. The van der Waals surface area contributed by atoms with Crippen LogP contribution in [0, 0.1) is 11.3 Å². The lowest BCUT2D eigenvalue weighted by Gasteiger charge is -2.17. The number of pyridine rings is 1. The first kappa shape index (κ1) is 14.8. The van der Waals surface area contributed by atoms with Crippen LogP contribution in [0.4, 0.5) is 5.82 Å². The van der Waals surface area contributed by atoms with Crippen LogP contribution in [0.2, 0.25) is 0 Å². The van der Waals surface area contributed by atoms with Gasteiger partial charge in [0.2, 0.25) is 10.0 Å². The molecule has 0 aliphatic heterocycles. The van der Waals surface area contributed by atoms with Crippen LogP contribution in [0.3, 0.4) is 0 Å². The molecule has 6 nitrogen and oxygen atoms in total. The summed E-state index contributed by atoms with van der Waals surface area (Å²) < 4.78 is 21.7. The normalized spacial score (nSPS) is 14.4. The predicted molar refractivity (Wildman–Crippen MR) is 76.7 cm³/mol. The monoisotopic (exact) mass is 294 g/mol. The molecule has 0 bridgehead atoms. The van der Waals surface area contributed by atoms with E-state index in [0.717, 1.165) is 36.9 Å². The van der Waals surface area contributed by atoms with Gasteiger partial charge in [-0.3, -0.25) is 0 Å². The zero-order valence-electron chi connectivity index (χ0n) is 11.2. The van der Waals surface area contributed by atoms with Gasteiger partial charge in [-0.25, -0.2) is 18.5 Å². The number of nitrogens with zero attached hydrogens (tertiary/aromatic N) is 2. The van der Waals surface area contributed by atoms with Gasteiger partial charge in [0.25, 0.3) is 0 Å². The third-order valence-corrected chi connectivity index (χ3v) is 4.18. The van der Waals surface area contributed by atoms with Crippen LogP contribution < -0.4 is 10.5 Å². The van der Waals surface area contributed by atoms with Crippen molar-refractivity contribution in [3.05, 3.63) is 22.9 Å². The van der Waals surface area contributed by atoms with Gasteiger partial charge >= 0.3 is 0 Å². The molecule has 1 heterocycles. The van der Waals surface area contributed by atoms with Crippen molar-refractivity contribution in [2.75, 3.05) is 17.6 Å².